The van der Waals surface area contributed by atoms with Gasteiger partial charge in [0.2, 0.25) is 0 Å². The molecule has 1 aromatic rings. The summed E-state index contributed by atoms with van der Waals surface area (Å²) in [5, 5.41) is 0. The van der Waals surface area contributed by atoms with Crippen LogP contribution in [0.4, 0.5) is 5.82 Å². The molecule has 0 bridgehead atoms. The number of nitrogens with zero attached hydrogens (tertiary/aromatic N) is 2. The maximum absolute atomic E-state index is 11.4. The van der Waals surface area contributed by atoms with Crippen molar-refractivity contribution >= 4 is 5.82 Å². The highest BCUT2D eigenvalue weighted by Crippen LogP contribution is 2.30. The lowest BCUT2D eigenvalue weighted by molar-refractivity contribution is 0.258. The van der Waals surface area contributed by atoms with Crippen LogP contribution in [0, 0.1) is 12.3 Å². The summed E-state index contributed by atoms with van der Waals surface area (Å²) >= 11 is 0. The number of rotatable bonds is 2. The first-order valence-electron chi connectivity index (χ1n) is 6.05. The maximum Gasteiger partial charge on any atom is 0.252 e. The van der Waals surface area contributed by atoms with Crippen LogP contribution in [-0.4, -0.2) is 29.6 Å². The van der Waals surface area contributed by atoms with Crippen molar-refractivity contribution in [3.05, 3.63) is 22.2 Å². The Morgan fingerprint density at radius 3 is 2.71 bits per heavy atom. The van der Waals surface area contributed by atoms with Gasteiger partial charge in [0.05, 0.1) is 0 Å². The van der Waals surface area contributed by atoms with E-state index in [4.69, 9.17) is 5.73 Å². The molecule has 0 aromatic carbocycles. The zero-order valence-electron chi connectivity index (χ0n) is 10.5. The van der Waals surface area contributed by atoms with Crippen molar-refractivity contribution in [1.29, 1.82) is 0 Å². The Bertz CT molecular complexity index is 446. The molecule has 5 nitrogen and oxygen atoms in total. The van der Waals surface area contributed by atoms with Gasteiger partial charge < -0.3 is 15.6 Å². The van der Waals surface area contributed by atoms with Crippen LogP contribution in [0.15, 0.2) is 10.9 Å². The molecule has 1 fully saturated rings. The number of H-pyrrole nitrogens is 1. The Morgan fingerprint density at radius 1 is 1.53 bits per heavy atom. The number of anilines is 1. The summed E-state index contributed by atoms with van der Waals surface area (Å²) in [6, 6.07) is 1.57. The molecule has 1 saturated heterocycles. The minimum absolute atomic E-state index is 0.0836. The molecule has 0 spiro atoms. The third kappa shape index (κ3) is 2.66. The smallest absolute Gasteiger partial charge is 0.252 e. The van der Waals surface area contributed by atoms with Gasteiger partial charge in [-0.15, -0.1) is 0 Å². The average molecular weight is 236 g/mol. The van der Waals surface area contributed by atoms with E-state index < -0.39 is 0 Å². The van der Waals surface area contributed by atoms with Gasteiger partial charge in [-0.05, 0) is 31.7 Å². The predicted octanol–water partition coefficient (Wildman–Crippen LogP) is 0.644. The number of piperidine rings is 1. The van der Waals surface area contributed by atoms with Gasteiger partial charge in [-0.1, -0.05) is 6.92 Å². The van der Waals surface area contributed by atoms with E-state index >= 15 is 0 Å². The maximum atomic E-state index is 11.4. The Balaban J connectivity index is 2.13. The molecule has 17 heavy (non-hydrogen) atoms. The van der Waals surface area contributed by atoms with Crippen molar-refractivity contribution in [2.75, 3.05) is 24.5 Å². The van der Waals surface area contributed by atoms with Crippen LogP contribution in [-0.2, 0) is 0 Å². The summed E-state index contributed by atoms with van der Waals surface area (Å²) in [6.07, 6.45) is 2.11. The second-order valence-electron chi connectivity index (χ2n) is 5.19. The van der Waals surface area contributed by atoms with Gasteiger partial charge in [-0.2, -0.15) is 0 Å². The number of hydrogen-bond acceptors (Lipinski definition) is 4. The lowest BCUT2D eigenvalue weighted by atomic mass is 9.80. The van der Waals surface area contributed by atoms with Crippen LogP contribution in [0.5, 0.6) is 0 Å². The monoisotopic (exact) mass is 236 g/mol. The summed E-state index contributed by atoms with van der Waals surface area (Å²) in [6.45, 7) is 6.59. The Kier molecular flexibility index (Phi) is 3.19. The predicted molar refractivity (Wildman–Crippen MR) is 68.2 cm³/mol. The zero-order chi connectivity index (χ0) is 12.5. The second kappa shape index (κ2) is 4.49. The van der Waals surface area contributed by atoms with Crippen molar-refractivity contribution in [3.63, 3.8) is 0 Å². The first-order chi connectivity index (χ1) is 8.02. The third-order valence-electron chi connectivity index (χ3n) is 3.63. The molecule has 0 unspecified atom stereocenters. The van der Waals surface area contributed by atoms with Crippen molar-refractivity contribution in [3.8, 4) is 0 Å². The molecule has 3 N–H and O–H groups in total. The summed E-state index contributed by atoms with van der Waals surface area (Å²) in [4.78, 5) is 20.6. The van der Waals surface area contributed by atoms with Crippen LogP contribution in [0.1, 0.15) is 25.6 Å². The van der Waals surface area contributed by atoms with Crippen LogP contribution in [0.25, 0.3) is 0 Å². The van der Waals surface area contributed by atoms with Gasteiger partial charge in [0.1, 0.15) is 11.6 Å². The topological polar surface area (TPSA) is 75.0 Å². The summed E-state index contributed by atoms with van der Waals surface area (Å²) in [5.41, 5.74) is 5.94. The van der Waals surface area contributed by atoms with Crippen molar-refractivity contribution in [1.82, 2.24) is 9.97 Å². The fourth-order valence-corrected chi connectivity index (χ4v) is 2.21. The molecule has 1 aromatic heterocycles. The van der Waals surface area contributed by atoms with Gasteiger partial charge in [-0.3, -0.25) is 4.79 Å². The number of aromatic amines is 1. The third-order valence-corrected chi connectivity index (χ3v) is 3.63. The average Bonchev–Trinajstić information content (AvgIpc) is 2.29. The van der Waals surface area contributed by atoms with Crippen LogP contribution >= 0.6 is 0 Å². The lowest BCUT2D eigenvalue weighted by Gasteiger charge is -2.39. The number of nitrogens with one attached hydrogen (secondary N) is 1. The van der Waals surface area contributed by atoms with E-state index in [9.17, 15) is 4.79 Å². The first kappa shape index (κ1) is 12.1. The molecule has 0 radical (unpaired) electrons. The minimum atomic E-state index is -0.0836. The SMILES string of the molecule is Cc1nc(N2CCC(C)(CN)CC2)cc(=O)[nH]1. The standard InChI is InChI=1S/C12H20N4O/c1-9-14-10(7-11(17)15-9)16-5-3-12(2,8-13)4-6-16/h7H,3-6,8,13H2,1-2H3,(H,14,15,17). The van der Waals surface area contributed by atoms with E-state index in [-0.39, 0.29) is 11.0 Å². The van der Waals surface area contributed by atoms with E-state index in [1.165, 1.54) is 0 Å². The van der Waals surface area contributed by atoms with Gasteiger partial charge in [-0.25, -0.2) is 4.98 Å². The molecule has 94 valence electrons. The zero-order valence-corrected chi connectivity index (χ0v) is 10.5. The Morgan fingerprint density at radius 2 is 2.18 bits per heavy atom. The minimum Gasteiger partial charge on any atom is -0.356 e. The fraction of sp³-hybridized carbons (Fsp3) is 0.667. The first-order valence-corrected chi connectivity index (χ1v) is 6.05. The Labute approximate surface area is 101 Å². The van der Waals surface area contributed by atoms with Crippen molar-refractivity contribution in [2.45, 2.75) is 26.7 Å². The van der Waals surface area contributed by atoms with Crippen molar-refractivity contribution < 1.29 is 0 Å². The van der Waals surface area contributed by atoms with Gasteiger partial charge in [0.25, 0.3) is 5.56 Å². The number of aromatic nitrogens is 2. The molecule has 5 heteroatoms. The highest BCUT2D eigenvalue weighted by atomic mass is 16.1. The highest BCUT2D eigenvalue weighted by Gasteiger charge is 2.29. The largest absolute Gasteiger partial charge is 0.356 e. The molecule has 2 heterocycles. The van der Waals surface area contributed by atoms with E-state index in [1.54, 1.807) is 13.0 Å². The Hall–Kier alpha value is -1.36. The molecular formula is C12H20N4O. The van der Waals surface area contributed by atoms with Crippen LogP contribution in [0.2, 0.25) is 0 Å². The number of hydrogen-bond donors (Lipinski definition) is 2. The quantitative estimate of drug-likeness (QED) is 0.790. The molecule has 2 rings (SSSR count). The van der Waals surface area contributed by atoms with Gasteiger partial charge >= 0.3 is 0 Å². The van der Waals surface area contributed by atoms with Crippen LogP contribution < -0.4 is 16.2 Å². The van der Waals surface area contributed by atoms with Crippen LogP contribution in [0.3, 0.4) is 0 Å². The second-order valence-corrected chi connectivity index (χ2v) is 5.19. The van der Waals surface area contributed by atoms with Crippen molar-refractivity contribution in [2.24, 2.45) is 11.1 Å². The molecule has 0 amide bonds. The number of aryl methyl sites for hydroxylation is 1. The highest BCUT2D eigenvalue weighted by molar-refractivity contribution is 5.38. The number of nitrogens with two attached hydrogens (primary N) is 1. The molecule has 0 atom stereocenters. The normalized spacial score (nSPS) is 19.4. The van der Waals surface area contributed by atoms with E-state index in [0.29, 0.717) is 5.82 Å². The molecule has 1 aliphatic heterocycles. The lowest BCUT2D eigenvalue weighted by Crippen LogP contribution is -2.42. The van der Waals surface area contributed by atoms with Gasteiger partial charge in [0, 0.05) is 19.2 Å². The molecule has 0 aliphatic carbocycles. The molecular weight excluding hydrogens is 216 g/mol. The summed E-state index contributed by atoms with van der Waals surface area (Å²) in [5.74, 6) is 1.45. The van der Waals surface area contributed by atoms with E-state index in [2.05, 4.69) is 21.8 Å². The molecule has 0 saturated carbocycles. The van der Waals surface area contributed by atoms with E-state index in [0.717, 1.165) is 38.3 Å². The molecule has 1 aliphatic rings. The summed E-state index contributed by atoms with van der Waals surface area (Å²) < 4.78 is 0. The van der Waals surface area contributed by atoms with Gasteiger partial charge in [0.15, 0.2) is 0 Å². The fourth-order valence-electron chi connectivity index (χ4n) is 2.21. The van der Waals surface area contributed by atoms with E-state index in [1.807, 2.05) is 0 Å². The summed E-state index contributed by atoms with van der Waals surface area (Å²) in [7, 11) is 0.